The number of H-pyrrole nitrogens is 1. The molecule has 0 aliphatic rings. The van der Waals surface area contributed by atoms with Crippen molar-refractivity contribution in [3.8, 4) is 5.69 Å². The third-order valence-electron chi connectivity index (χ3n) is 5.18. The summed E-state index contributed by atoms with van der Waals surface area (Å²) in [7, 11) is 0. The minimum absolute atomic E-state index is 0.215. The summed E-state index contributed by atoms with van der Waals surface area (Å²) >= 11 is 6.34. The van der Waals surface area contributed by atoms with E-state index in [0.717, 1.165) is 0 Å². The monoisotopic (exact) mass is 444 g/mol. The van der Waals surface area contributed by atoms with Crippen LogP contribution < -0.4 is 16.3 Å². The van der Waals surface area contributed by atoms with Gasteiger partial charge in [0.15, 0.2) is 5.43 Å². The number of anilines is 1. The van der Waals surface area contributed by atoms with E-state index in [0.29, 0.717) is 44.3 Å². The van der Waals surface area contributed by atoms with E-state index in [1.54, 1.807) is 18.2 Å². The van der Waals surface area contributed by atoms with Crippen molar-refractivity contribution in [2.45, 2.75) is 13.0 Å². The van der Waals surface area contributed by atoms with Crippen LogP contribution >= 0.6 is 11.6 Å². The largest absolute Gasteiger partial charge is 0.360 e. The zero-order chi connectivity index (χ0) is 22.2. The first-order valence-corrected chi connectivity index (χ1v) is 10.3. The van der Waals surface area contributed by atoms with Gasteiger partial charge >= 0.3 is 0 Å². The van der Waals surface area contributed by atoms with Crippen molar-refractivity contribution >= 4 is 39.4 Å². The normalized spacial score (nSPS) is 12.2. The molecule has 8 nitrogen and oxygen atoms in total. The molecular formula is C23H17ClN6O2. The number of hydrogen-bond acceptors (Lipinski definition) is 6. The molecule has 1 atom stereocenters. The molecule has 0 fully saturated rings. The predicted octanol–water partition coefficient (Wildman–Crippen LogP) is 3.84. The minimum Gasteiger partial charge on any atom is -0.360 e. The van der Waals surface area contributed by atoms with Gasteiger partial charge in [0.2, 0.25) is 0 Å². The Morgan fingerprint density at radius 3 is 2.62 bits per heavy atom. The van der Waals surface area contributed by atoms with E-state index in [2.05, 4.69) is 20.3 Å². The Morgan fingerprint density at radius 1 is 1.00 bits per heavy atom. The number of rotatable bonds is 4. The molecule has 158 valence electrons. The summed E-state index contributed by atoms with van der Waals surface area (Å²) in [6, 6.07) is 15.3. The number of nitrogens with zero attached hydrogens (tertiary/aromatic N) is 4. The predicted molar refractivity (Wildman–Crippen MR) is 125 cm³/mol. The van der Waals surface area contributed by atoms with Crippen LogP contribution in [0.4, 0.5) is 5.82 Å². The Labute approximate surface area is 186 Å². The summed E-state index contributed by atoms with van der Waals surface area (Å²) in [5.41, 5.74) is 1.07. The third kappa shape index (κ3) is 3.30. The summed E-state index contributed by atoms with van der Waals surface area (Å²) in [4.78, 5) is 42.1. The van der Waals surface area contributed by atoms with Crippen LogP contribution in [0.5, 0.6) is 0 Å². The molecule has 0 saturated heterocycles. The summed E-state index contributed by atoms with van der Waals surface area (Å²) < 4.78 is 1.53. The minimum atomic E-state index is -0.482. The molecule has 2 N–H and O–H groups in total. The van der Waals surface area contributed by atoms with Gasteiger partial charge < -0.3 is 10.3 Å². The third-order valence-corrected chi connectivity index (χ3v) is 5.49. The lowest BCUT2D eigenvalue weighted by Crippen LogP contribution is -2.27. The molecule has 1 unspecified atom stereocenters. The van der Waals surface area contributed by atoms with E-state index in [4.69, 9.17) is 16.6 Å². The second kappa shape index (κ2) is 7.90. The van der Waals surface area contributed by atoms with E-state index in [9.17, 15) is 9.59 Å². The number of pyridine rings is 1. The van der Waals surface area contributed by atoms with E-state index in [1.807, 2.05) is 37.3 Å². The summed E-state index contributed by atoms with van der Waals surface area (Å²) in [6.07, 6.45) is 2.90. The number of fused-ring (bicyclic) bond motifs is 2. The number of aromatic amines is 1. The van der Waals surface area contributed by atoms with Crippen molar-refractivity contribution in [2.75, 3.05) is 5.32 Å². The van der Waals surface area contributed by atoms with Crippen LogP contribution in [-0.4, -0.2) is 24.5 Å². The molecule has 0 spiro atoms. The highest BCUT2D eigenvalue weighted by atomic mass is 35.5. The van der Waals surface area contributed by atoms with Crippen LogP contribution in [0.1, 0.15) is 18.8 Å². The smallest absolute Gasteiger partial charge is 0.267 e. The Kier molecular flexibility index (Phi) is 4.91. The van der Waals surface area contributed by atoms with Gasteiger partial charge in [-0.05, 0) is 31.2 Å². The molecule has 5 aromatic rings. The Balaban J connectivity index is 1.72. The van der Waals surface area contributed by atoms with Crippen LogP contribution in [0.15, 0.2) is 76.7 Å². The van der Waals surface area contributed by atoms with Gasteiger partial charge in [0, 0.05) is 12.3 Å². The molecule has 0 aliphatic heterocycles. The zero-order valence-corrected chi connectivity index (χ0v) is 17.7. The van der Waals surface area contributed by atoms with Crippen LogP contribution in [0.2, 0.25) is 5.02 Å². The van der Waals surface area contributed by atoms with Gasteiger partial charge in [-0.1, -0.05) is 35.9 Å². The Hall–Kier alpha value is -4.04. The molecule has 9 heteroatoms. The number of hydrogen-bond donors (Lipinski definition) is 2. The first kappa shape index (κ1) is 19.9. The highest BCUT2D eigenvalue weighted by molar-refractivity contribution is 6.35. The SMILES string of the molecule is CC(Nc1ncnc2[nH]ccc(=O)c12)c1nc2cccc(Cl)c2c(=O)n1-c1ccccc1. The molecule has 0 bridgehead atoms. The lowest BCUT2D eigenvalue weighted by Gasteiger charge is -2.20. The average molecular weight is 445 g/mol. The maximum atomic E-state index is 13.5. The number of para-hydroxylation sites is 1. The molecular weight excluding hydrogens is 428 g/mol. The van der Waals surface area contributed by atoms with Crippen molar-refractivity contribution in [1.29, 1.82) is 0 Å². The van der Waals surface area contributed by atoms with Gasteiger partial charge in [0.05, 0.1) is 27.7 Å². The number of halogens is 1. The topological polar surface area (TPSA) is 106 Å². The fourth-order valence-electron chi connectivity index (χ4n) is 3.71. The first-order valence-electron chi connectivity index (χ1n) is 9.90. The average Bonchev–Trinajstić information content (AvgIpc) is 2.79. The molecule has 5 rings (SSSR count). The Morgan fingerprint density at radius 2 is 1.81 bits per heavy atom. The fourth-order valence-corrected chi connectivity index (χ4v) is 3.96. The van der Waals surface area contributed by atoms with Gasteiger partial charge in [0.25, 0.3) is 5.56 Å². The molecule has 3 heterocycles. The van der Waals surface area contributed by atoms with Crippen molar-refractivity contribution in [3.63, 3.8) is 0 Å². The lowest BCUT2D eigenvalue weighted by atomic mass is 10.2. The van der Waals surface area contributed by atoms with Crippen LogP contribution in [0.3, 0.4) is 0 Å². The van der Waals surface area contributed by atoms with Gasteiger partial charge in [-0.25, -0.2) is 15.0 Å². The quantitative estimate of drug-likeness (QED) is 0.436. The van der Waals surface area contributed by atoms with Gasteiger partial charge in [-0.3, -0.25) is 14.2 Å². The van der Waals surface area contributed by atoms with Crippen molar-refractivity contribution in [3.05, 3.63) is 98.5 Å². The van der Waals surface area contributed by atoms with Crippen LogP contribution in [0, 0.1) is 0 Å². The number of nitrogens with one attached hydrogen (secondary N) is 2. The van der Waals surface area contributed by atoms with Crippen LogP contribution in [0.25, 0.3) is 27.6 Å². The second-order valence-electron chi connectivity index (χ2n) is 7.23. The second-order valence-corrected chi connectivity index (χ2v) is 7.64. The van der Waals surface area contributed by atoms with E-state index in [1.165, 1.54) is 23.2 Å². The Bertz CT molecular complexity index is 1570. The maximum absolute atomic E-state index is 13.5. The van der Waals surface area contributed by atoms with Gasteiger partial charge in [-0.15, -0.1) is 0 Å². The zero-order valence-electron chi connectivity index (χ0n) is 16.9. The molecule has 32 heavy (non-hydrogen) atoms. The fraction of sp³-hybridized carbons (Fsp3) is 0.0870. The summed E-state index contributed by atoms with van der Waals surface area (Å²) in [5.74, 6) is 0.805. The van der Waals surface area contributed by atoms with Crippen molar-refractivity contribution in [1.82, 2.24) is 24.5 Å². The summed E-state index contributed by atoms with van der Waals surface area (Å²) in [5, 5.41) is 4.25. The molecule has 2 aromatic carbocycles. The lowest BCUT2D eigenvalue weighted by molar-refractivity contribution is 0.732. The van der Waals surface area contributed by atoms with E-state index >= 15 is 0 Å². The first-order chi connectivity index (χ1) is 15.5. The van der Waals surface area contributed by atoms with Crippen molar-refractivity contribution in [2.24, 2.45) is 0 Å². The number of aromatic nitrogens is 5. The molecule has 3 aromatic heterocycles. The van der Waals surface area contributed by atoms with E-state index < -0.39 is 6.04 Å². The molecule has 0 radical (unpaired) electrons. The van der Waals surface area contributed by atoms with E-state index in [-0.39, 0.29) is 11.0 Å². The van der Waals surface area contributed by atoms with Crippen molar-refractivity contribution < 1.29 is 0 Å². The highest BCUT2D eigenvalue weighted by Crippen LogP contribution is 2.25. The molecule has 0 saturated carbocycles. The molecule has 0 amide bonds. The van der Waals surface area contributed by atoms with Gasteiger partial charge in [0.1, 0.15) is 29.0 Å². The van der Waals surface area contributed by atoms with Crippen LogP contribution in [-0.2, 0) is 0 Å². The number of benzene rings is 2. The van der Waals surface area contributed by atoms with Gasteiger partial charge in [-0.2, -0.15) is 0 Å². The molecule has 0 aliphatic carbocycles. The highest BCUT2D eigenvalue weighted by Gasteiger charge is 2.20. The standard InChI is InChI=1S/C23H17ClN6O2/c1-13(28-21-19-17(31)10-11-25-20(19)26-12-27-21)22-29-16-9-5-8-15(24)18(16)23(32)30(22)14-6-3-2-4-7-14/h2-13H,1H3,(H2,25,26,27,28,31). The summed E-state index contributed by atoms with van der Waals surface area (Å²) in [6.45, 7) is 1.85. The maximum Gasteiger partial charge on any atom is 0.267 e.